The van der Waals surface area contributed by atoms with E-state index in [1.54, 1.807) is 0 Å². The van der Waals surface area contributed by atoms with Gasteiger partial charge in [0.2, 0.25) is 0 Å². The molecule has 40 heavy (non-hydrogen) atoms. The number of nitrogens with one attached hydrogen (secondary N) is 1. The van der Waals surface area contributed by atoms with Crippen LogP contribution in [-0.4, -0.2) is 35.2 Å². The Morgan fingerprint density at radius 2 is 1.80 bits per heavy atom. The molecule has 3 aromatic heterocycles. The Balaban J connectivity index is 1.24. The third kappa shape index (κ3) is 4.51. The van der Waals surface area contributed by atoms with E-state index in [4.69, 9.17) is 9.97 Å². The van der Waals surface area contributed by atoms with Crippen LogP contribution < -0.4 is 0 Å². The van der Waals surface area contributed by atoms with Gasteiger partial charge >= 0.3 is 0 Å². The molecule has 0 unspecified atom stereocenters. The van der Waals surface area contributed by atoms with Crippen LogP contribution in [0.3, 0.4) is 0 Å². The SMILES string of the molecule is CCc1nc2c(C)cc(CCC3CCCCC3)nc2n1[C@H]1CCc2cc(-c3ccccc3-c3nnn[nH]3)ccc21. The number of H-pyrrole nitrogens is 1. The zero-order valence-electron chi connectivity index (χ0n) is 23.5. The molecule has 204 valence electrons. The van der Waals surface area contributed by atoms with E-state index < -0.39 is 0 Å². The second-order valence-electron chi connectivity index (χ2n) is 11.7. The van der Waals surface area contributed by atoms with Crippen molar-refractivity contribution in [3.8, 4) is 22.5 Å². The van der Waals surface area contributed by atoms with E-state index in [1.807, 2.05) is 6.07 Å². The molecule has 0 radical (unpaired) electrons. The lowest BCUT2D eigenvalue weighted by molar-refractivity contribution is 0.338. The molecule has 7 nitrogen and oxygen atoms in total. The molecule has 2 aliphatic rings. The van der Waals surface area contributed by atoms with E-state index in [2.05, 4.69) is 81.5 Å². The number of rotatable bonds is 7. The van der Waals surface area contributed by atoms with Crippen LogP contribution in [0.25, 0.3) is 33.7 Å². The average Bonchev–Trinajstić information content (AvgIpc) is 3.75. The highest BCUT2D eigenvalue weighted by Gasteiger charge is 2.29. The van der Waals surface area contributed by atoms with Gasteiger partial charge in [-0.25, -0.2) is 15.1 Å². The number of hydrogen-bond donors (Lipinski definition) is 1. The maximum Gasteiger partial charge on any atom is 0.180 e. The second kappa shape index (κ2) is 10.6. The molecule has 2 aliphatic carbocycles. The Morgan fingerprint density at radius 1 is 0.950 bits per heavy atom. The number of benzene rings is 2. The summed E-state index contributed by atoms with van der Waals surface area (Å²) in [5.41, 5.74) is 10.8. The van der Waals surface area contributed by atoms with Crippen LogP contribution in [0, 0.1) is 12.8 Å². The fourth-order valence-electron chi connectivity index (χ4n) is 7.11. The predicted octanol–water partition coefficient (Wildman–Crippen LogP) is 7.20. The third-order valence-electron chi connectivity index (χ3n) is 9.15. The summed E-state index contributed by atoms with van der Waals surface area (Å²) in [4.78, 5) is 10.4. The number of aromatic nitrogens is 7. The van der Waals surface area contributed by atoms with Crippen LogP contribution >= 0.6 is 0 Å². The largest absolute Gasteiger partial charge is 0.305 e. The lowest BCUT2D eigenvalue weighted by Gasteiger charge is -2.21. The van der Waals surface area contributed by atoms with Crippen LogP contribution in [0.1, 0.15) is 86.1 Å². The number of hydrogen-bond acceptors (Lipinski definition) is 5. The molecule has 1 saturated carbocycles. The van der Waals surface area contributed by atoms with Crippen molar-refractivity contribution in [3.63, 3.8) is 0 Å². The van der Waals surface area contributed by atoms with Crippen LogP contribution in [0.2, 0.25) is 0 Å². The van der Waals surface area contributed by atoms with Gasteiger partial charge in [0.05, 0.1) is 6.04 Å². The first-order chi connectivity index (χ1) is 19.7. The average molecular weight is 532 g/mol. The van der Waals surface area contributed by atoms with Crippen molar-refractivity contribution in [2.75, 3.05) is 0 Å². The summed E-state index contributed by atoms with van der Waals surface area (Å²) in [6.07, 6.45) is 12.3. The predicted molar refractivity (Wildman–Crippen MR) is 158 cm³/mol. The van der Waals surface area contributed by atoms with E-state index in [1.165, 1.54) is 66.5 Å². The summed E-state index contributed by atoms with van der Waals surface area (Å²) < 4.78 is 2.46. The van der Waals surface area contributed by atoms with Gasteiger partial charge in [-0.2, -0.15) is 0 Å². The quantitative estimate of drug-likeness (QED) is 0.240. The number of nitrogens with zero attached hydrogens (tertiary/aromatic N) is 6. The first-order valence-corrected chi connectivity index (χ1v) is 15.0. The molecule has 0 bridgehead atoms. The summed E-state index contributed by atoms with van der Waals surface area (Å²) in [6, 6.07) is 17.8. The molecule has 2 aromatic carbocycles. The van der Waals surface area contributed by atoms with Gasteiger partial charge in [0.15, 0.2) is 11.5 Å². The Labute approximate surface area is 235 Å². The standard InChI is InChI=1S/C33H37N7/c1-3-30-35-31-21(2)19-25(16-13-22-9-5-4-6-10-22)34-33(31)40(30)29-18-15-24-20-23(14-17-27(24)29)26-11-7-8-12-28(26)32-36-38-39-37-32/h7-8,11-12,14,17,19-20,22,29H,3-6,9-10,13,15-16,18H2,1-2H3,(H,36,37,38,39)/t29-/m0/s1. The van der Waals surface area contributed by atoms with Gasteiger partial charge in [-0.15, -0.1) is 5.10 Å². The van der Waals surface area contributed by atoms with Gasteiger partial charge in [-0.3, -0.25) is 0 Å². The molecule has 0 amide bonds. The lowest BCUT2D eigenvalue weighted by Crippen LogP contribution is -2.12. The minimum absolute atomic E-state index is 0.262. The van der Waals surface area contributed by atoms with Crippen molar-refractivity contribution in [2.24, 2.45) is 5.92 Å². The molecule has 0 spiro atoms. The van der Waals surface area contributed by atoms with Gasteiger partial charge in [0, 0.05) is 17.7 Å². The summed E-state index contributed by atoms with van der Waals surface area (Å²) >= 11 is 0. The van der Waals surface area contributed by atoms with Crippen molar-refractivity contribution in [2.45, 2.75) is 84.1 Å². The smallest absolute Gasteiger partial charge is 0.180 e. The van der Waals surface area contributed by atoms with Crippen molar-refractivity contribution in [3.05, 3.63) is 76.7 Å². The Bertz CT molecular complexity index is 1640. The zero-order valence-corrected chi connectivity index (χ0v) is 23.5. The summed E-state index contributed by atoms with van der Waals surface area (Å²) in [6.45, 7) is 4.42. The third-order valence-corrected chi connectivity index (χ3v) is 9.15. The van der Waals surface area contributed by atoms with E-state index in [0.717, 1.165) is 59.7 Å². The molecule has 1 N–H and O–H groups in total. The highest BCUT2D eigenvalue weighted by Crippen LogP contribution is 2.40. The highest BCUT2D eigenvalue weighted by molar-refractivity contribution is 5.81. The summed E-state index contributed by atoms with van der Waals surface area (Å²) in [5, 5.41) is 14.6. The van der Waals surface area contributed by atoms with E-state index in [0.29, 0.717) is 5.82 Å². The molecule has 0 saturated heterocycles. The molecule has 1 atom stereocenters. The van der Waals surface area contributed by atoms with E-state index >= 15 is 0 Å². The molecule has 7 rings (SSSR count). The normalized spacial score (nSPS) is 17.5. The Morgan fingerprint density at radius 3 is 2.60 bits per heavy atom. The zero-order chi connectivity index (χ0) is 27.1. The van der Waals surface area contributed by atoms with Crippen molar-refractivity contribution in [1.29, 1.82) is 0 Å². The molecule has 5 aromatic rings. The van der Waals surface area contributed by atoms with Crippen molar-refractivity contribution < 1.29 is 0 Å². The van der Waals surface area contributed by atoms with Crippen LogP contribution in [0.5, 0.6) is 0 Å². The summed E-state index contributed by atoms with van der Waals surface area (Å²) in [5.74, 6) is 2.69. The number of tetrazole rings is 1. The number of imidazole rings is 1. The van der Waals surface area contributed by atoms with Gasteiger partial charge in [0.1, 0.15) is 11.3 Å². The number of fused-ring (bicyclic) bond motifs is 2. The highest BCUT2D eigenvalue weighted by atomic mass is 15.5. The fourth-order valence-corrected chi connectivity index (χ4v) is 7.11. The molecule has 3 heterocycles. The molecule has 1 fully saturated rings. The minimum Gasteiger partial charge on any atom is -0.305 e. The van der Waals surface area contributed by atoms with Gasteiger partial charge in [0.25, 0.3) is 0 Å². The first kappa shape index (κ1) is 25.1. The lowest BCUT2D eigenvalue weighted by atomic mass is 9.86. The van der Waals surface area contributed by atoms with Crippen LogP contribution in [-0.2, 0) is 19.3 Å². The maximum atomic E-state index is 5.29. The van der Waals surface area contributed by atoms with Gasteiger partial charge in [-0.1, -0.05) is 81.5 Å². The van der Waals surface area contributed by atoms with Crippen molar-refractivity contribution >= 4 is 11.2 Å². The monoisotopic (exact) mass is 531 g/mol. The van der Waals surface area contributed by atoms with Gasteiger partial charge in [-0.05, 0) is 82.8 Å². The second-order valence-corrected chi connectivity index (χ2v) is 11.7. The summed E-state index contributed by atoms with van der Waals surface area (Å²) in [7, 11) is 0. The number of pyridine rings is 1. The maximum absolute atomic E-state index is 5.29. The Kier molecular flexibility index (Phi) is 6.66. The number of aryl methyl sites for hydroxylation is 4. The molecular formula is C33H37N7. The topological polar surface area (TPSA) is 85.2 Å². The fraction of sp³-hybridized carbons (Fsp3) is 0.424. The van der Waals surface area contributed by atoms with Crippen LogP contribution in [0.15, 0.2) is 48.5 Å². The van der Waals surface area contributed by atoms with Crippen molar-refractivity contribution in [1.82, 2.24) is 35.2 Å². The van der Waals surface area contributed by atoms with E-state index in [9.17, 15) is 0 Å². The number of aromatic amines is 1. The van der Waals surface area contributed by atoms with Crippen LogP contribution in [0.4, 0.5) is 0 Å². The van der Waals surface area contributed by atoms with Gasteiger partial charge < -0.3 is 4.57 Å². The molecule has 7 heteroatoms. The first-order valence-electron chi connectivity index (χ1n) is 15.0. The molecule has 0 aliphatic heterocycles. The Hall–Kier alpha value is -3.87. The van der Waals surface area contributed by atoms with E-state index in [-0.39, 0.29) is 6.04 Å². The minimum atomic E-state index is 0.262. The molecular weight excluding hydrogens is 494 g/mol.